The number of halogens is 1. The summed E-state index contributed by atoms with van der Waals surface area (Å²) in [6.07, 6.45) is 28.2. The Balaban J connectivity index is 1.04. The Kier molecular flexibility index (Phi) is 13.3. The maximum absolute atomic E-state index is 15.5. The normalized spacial score (nSPS) is 25.9. The third-order valence-corrected chi connectivity index (χ3v) is 11.6. The number of benzene rings is 2. The smallest absolute Gasteiger partial charge is 0.130 e. The van der Waals surface area contributed by atoms with E-state index in [0.29, 0.717) is 11.8 Å². The van der Waals surface area contributed by atoms with E-state index in [-0.39, 0.29) is 5.82 Å². The zero-order chi connectivity index (χ0) is 30.6. The molecular weight excluding hydrogens is 539 g/mol. The maximum atomic E-state index is 15.5. The summed E-state index contributed by atoms with van der Waals surface area (Å²) in [7, 11) is 0. The Labute approximate surface area is 269 Å². The molecule has 44 heavy (non-hydrogen) atoms. The van der Waals surface area contributed by atoms with Gasteiger partial charge in [0, 0.05) is 5.56 Å². The van der Waals surface area contributed by atoms with Crippen molar-refractivity contribution in [2.24, 2.45) is 17.8 Å². The van der Waals surface area contributed by atoms with Gasteiger partial charge in [0.15, 0.2) is 0 Å². The molecule has 2 aromatic carbocycles. The molecule has 242 valence electrons. The molecule has 0 heterocycles. The number of unbranched alkanes of at least 4 members (excludes halogenated alkanes) is 6. The average molecular weight is 601 g/mol. The summed E-state index contributed by atoms with van der Waals surface area (Å²) < 4.78 is 21.3. The minimum Gasteiger partial charge on any atom is -0.494 e. The minimum absolute atomic E-state index is 0.0173. The molecule has 1 nitrogen and oxygen atoms in total. The summed E-state index contributed by atoms with van der Waals surface area (Å²) in [4.78, 5) is 0. The molecule has 0 saturated heterocycles. The average Bonchev–Trinajstić information content (AvgIpc) is 3.07. The molecule has 2 aromatic rings. The van der Waals surface area contributed by atoms with Crippen molar-refractivity contribution in [3.63, 3.8) is 0 Å². The van der Waals surface area contributed by atoms with Crippen LogP contribution in [0, 0.1) is 23.6 Å². The molecule has 0 radical (unpaired) electrons. The van der Waals surface area contributed by atoms with Crippen LogP contribution in [0.15, 0.2) is 48.5 Å². The van der Waals surface area contributed by atoms with Gasteiger partial charge in [-0.2, -0.15) is 0 Å². The first-order chi connectivity index (χ1) is 21.6. The van der Waals surface area contributed by atoms with Gasteiger partial charge in [-0.15, -0.1) is 0 Å². The van der Waals surface area contributed by atoms with Gasteiger partial charge in [0.05, 0.1) is 6.61 Å². The van der Waals surface area contributed by atoms with E-state index in [1.54, 1.807) is 0 Å². The molecule has 5 rings (SSSR count). The van der Waals surface area contributed by atoms with Crippen LogP contribution in [0.2, 0.25) is 0 Å². The van der Waals surface area contributed by atoms with Crippen molar-refractivity contribution in [1.82, 2.24) is 0 Å². The van der Waals surface area contributed by atoms with Gasteiger partial charge in [-0.1, -0.05) is 95.6 Å². The molecule has 1 atom stereocenters. The molecule has 2 heteroatoms. The van der Waals surface area contributed by atoms with E-state index >= 15 is 4.39 Å². The number of ether oxygens (including phenoxy) is 1. The summed E-state index contributed by atoms with van der Waals surface area (Å²) in [5.74, 6) is 4.76. The second-order valence-corrected chi connectivity index (χ2v) is 14.7. The van der Waals surface area contributed by atoms with Crippen LogP contribution in [-0.4, -0.2) is 6.61 Å². The molecule has 0 N–H and O–H groups in total. The summed E-state index contributed by atoms with van der Waals surface area (Å²) in [5, 5.41) is 0. The number of allylic oxidation sites excluding steroid dienone is 2. The van der Waals surface area contributed by atoms with Crippen molar-refractivity contribution in [3.8, 4) is 5.75 Å². The Morgan fingerprint density at radius 1 is 0.659 bits per heavy atom. The lowest BCUT2D eigenvalue weighted by atomic mass is 9.70. The standard InChI is InChI=1S/C42H61FO/c1-3-5-7-8-9-10-11-32-12-14-37(15-13-32)39-26-29-41(42(43)31-39)38-22-20-35(21-23-38)33-16-18-34(19-17-33)36-24-27-40(28-25-36)44-30-6-4-2/h22,24-29,31-35,37H,3-21,23,30H2,1-2H3. The maximum Gasteiger partial charge on any atom is 0.130 e. The predicted octanol–water partition coefficient (Wildman–Crippen LogP) is 13.2. The first-order valence-corrected chi connectivity index (χ1v) is 18.9. The Morgan fingerprint density at radius 3 is 2.00 bits per heavy atom. The fourth-order valence-corrected chi connectivity index (χ4v) is 8.67. The van der Waals surface area contributed by atoms with Crippen molar-refractivity contribution < 1.29 is 9.13 Å². The zero-order valence-electron chi connectivity index (χ0n) is 28.1. The van der Waals surface area contributed by atoms with Gasteiger partial charge >= 0.3 is 0 Å². The fourth-order valence-electron chi connectivity index (χ4n) is 8.67. The third kappa shape index (κ3) is 9.46. The Bertz CT molecular complexity index is 1130. The Hall–Kier alpha value is -2.09. The highest BCUT2D eigenvalue weighted by Gasteiger charge is 2.30. The quantitative estimate of drug-likeness (QED) is 0.185. The van der Waals surface area contributed by atoms with E-state index in [9.17, 15) is 0 Å². The Morgan fingerprint density at radius 2 is 1.32 bits per heavy atom. The zero-order valence-corrected chi connectivity index (χ0v) is 28.1. The summed E-state index contributed by atoms with van der Waals surface area (Å²) >= 11 is 0. The second-order valence-electron chi connectivity index (χ2n) is 14.7. The first kappa shape index (κ1) is 33.3. The van der Waals surface area contributed by atoms with Crippen LogP contribution in [0.5, 0.6) is 5.75 Å². The van der Waals surface area contributed by atoms with Gasteiger partial charge in [-0.25, -0.2) is 4.39 Å². The van der Waals surface area contributed by atoms with Crippen LogP contribution < -0.4 is 4.74 Å². The van der Waals surface area contributed by atoms with E-state index < -0.39 is 0 Å². The fraction of sp³-hybridized carbons (Fsp3) is 0.667. The molecule has 0 aromatic heterocycles. The van der Waals surface area contributed by atoms with Crippen LogP contribution in [-0.2, 0) is 0 Å². The number of rotatable bonds is 15. The van der Waals surface area contributed by atoms with Crippen LogP contribution in [0.1, 0.15) is 171 Å². The molecular formula is C42H61FO. The lowest BCUT2D eigenvalue weighted by Gasteiger charge is -2.36. The van der Waals surface area contributed by atoms with Gasteiger partial charge in [0.1, 0.15) is 11.6 Å². The van der Waals surface area contributed by atoms with E-state index in [1.165, 1.54) is 126 Å². The molecule has 0 amide bonds. The van der Waals surface area contributed by atoms with Crippen LogP contribution in [0.25, 0.3) is 5.57 Å². The van der Waals surface area contributed by atoms with Crippen LogP contribution in [0.3, 0.4) is 0 Å². The highest BCUT2D eigenvalue weighted by Crippen LogP contribution is 2.45. The largest absolute Gasteiger partial charge is 0.494 e. The number of hydrogen-bond donors (Lipinski definition) is 0. The van der Waals surface area contributed by atoms with Gasteiger partial charge in [0.25, 0.3) is 0 Å². The highest BCUT2D eigenvalue weighted by molar-refractivity contribution is 5.67. The molecule has 3 aliphatic rings. The second kappa shape index (κ2) is 17.6. The lowest BCUT2D eigenvalue weighted by Crippen LogP contribution is -2.22. The molecule has 0 bridgehead atoms. The van der Waals surface area contributed by atoms with Gasteiger partial charge in [-0.3, -0.25) is 0 Å². The minimum atomic E-state index is 0.0173. The van der Waals surface area contributed by atoms with Crippen molar-refractivity contribution in [1.29, 1.82) is 0 Å². The molecule has 2 fully saturated rings. The summed E-state index contributed by atoms with van der Waals surface area (Å²) in [6.45, 7) is 5.31. The van der Waals surface area contributed by atoms with Crippen LogP contribution in [0.4, 0.5) is 4.39 Å². The van der Waals surface area contributed by atoms with Gasteiger partial charge < -0.3 is 4.74 Å². The van der Waals surface area contributed by atoms with Crippen molar-refractivity contribution in [3.05, 3.63) is 71.0 Å². The van der Waals surface area contributed by atoms with Crippen molar-refractivity contribution >= 4 is 5.57 Å². The third-order valence-electron chi connectivity index (χ3n) is 11.6. The van der Waals surface area contributed by atoms with E-state index in [0.717, 1.165) is 54.9 Å². The van der Waals surface area contributed by atoms with E-state index in [4.69, 9.17) is 4.74 Å². The van der Waals surface area contributed by atoms with Crippen molar-refractivity contribution in [2.45, 2.75) is 154 Å². The molecule has 0 aliphatic heterocycles. The van der Waals surface area contributed by atoms with Gasteiger partial charge in [-0.05, 0) is 142 Å². The summed E-state index contributed by atoms with van der Waals surface area (Å²) in [6, 6.07) is 15.2. The van der Waals surface area contributed by atoms with E-state index in [1.807, 2.05) is 6.07 Å². The lowest BCUT2D eigenvalue weighted by molar-refractivity contribution is 0.220. The number of hydrogen-bond acceptors (Lipinski definition) is 1. The van der Waals surface area contributed by atoms with Crippen molar-refractivity contribution in [2.75, 3.05) is 6.61 Å². The van der Waals surface area contributed by atoms with E-state index in [2.05, 4.69) is 56.3 Å². The first-order valence-electron chi connectivity index (χ1n) is 18.9. The van der Waals surface area contributed by atoms with Gasteiger partial charge in [0.2, 0.25) is 0 Å². The SMILES string of the molecule is CCCCCCCCC1CCC(c2ccc(C3=CCC(C4CCC(c5ccc(OCCCC)cc5)CC4)CC3)c(F)c2)CC1. The molecule has 0 spiro atoms. The molecule has 1 unspecified atom stereocenters. The topological polar surface area (TPSA) is 9.23 Å². The highest BCUT2D eigenvalue weighted by atomic mass is 19.1. The summed E-state index contributed by atoms with van der Waals surface area (Å²) in [5.41, 5.74) is 4.85. The monoisotopic (exact) mass is 600 g/mol. The molecule has 2 saturated carbocycles. The molecule has 3 aliphatic carbocycles. The van der Waals surface area contributed by atoms with Crippen LogP contribution >= 0.6 is 0 Å². The predicted molar refractivity (Wildman–Crippen MR) is 186 cm³/mol.